The molecule has 152 valence electrons. The van der Waals surface area contributed by atoms with E-state index in [4.69, 9.17) is 0 Å². The van der Waals surface area contributed by atoms with Crippen LogP contribution in [0.4, 0.5) is 5.69 Å². The molecule has 1 aliphatic heterocycles. The van der Waals surface area contributed by atoms with Crippen LogP contribution in [0.15, 0.2) is 66.7 Å². The molecule has 0 spiro atoms. The van der Waals surface area contributed by atoms with Gasteiger partial charge in [-0.2, -0.15) is 0 Å². The smallest absolute Gasteiger partial charge is 0.0795 e. The Hall–Kier alpha value is -2.78. The zero-order chi connectivity index (χ0) is 20.4. The van der Waals surface area contributed by atoms with E-state index < -0.39 is 0 Å². The third kappa shape index (κ3) is 2.48. The number of hydrogen-bond acceptors (Lipinski definition) is 2. The van der Waals surface area contributed by atoms with Crippen LogP contribution in [0.5, 0.6) is 0 Å². The second-order valence-electron chi connectivity index (χ2n) is 9.17. The zero-order valence-corrected chi connectivity index (χ0v) is 18.0. The van der Waals surface area contributed by atoms with Crippen LogP contribution in [0.2, 0.25) is 0 Å². The van der Waals surface area contributed by atoms with Crippen molar-refractivity contribution in [2.45, 2.75) is 51.4 Å². The molecule has 3 nitrogen and oxygen atoms in total. The Kier molecular flexibility index (Phi) is 3.97. The van der Waals surface area contributed by atoms with Gasteiger partial charge in [0.25, 0.3) is 0 Å². The molecule has 1 saturated heterocycles. The van der Waals surface area contributed by atoms with E-state index in [0.29, 0.717) is 12.2 Å². The zero-order valence-electron chi connectivity index (χ0n) is 18.0. The minimum absolute atomic E-state index is 0.440. The van der Waals surface area contributed by atoms with Crippen molar-refractivity contribution in [3.05, 3.63) is 72.3 Å². The summed E-state index contributed by atoms with van der Waals surface area (Å²) >= 11 is 0. The van der Waals surface area contributed by atoms with Gasteiger partial charge in [0.15, 0.2) is 0 Å². The fraction of sp³-hybridized carbons (Fsp3) is 0.333. The van der Waals surface area contributed by atoms with E-state index in [1.165, 1.54) is 58.0 Å². The molecule has 3 atom stereocenters. The fourth-order valence-electron chi connectivity index (χ4n) is 6.00. The summed E-state index contributed by atoms with van der Waals surface area (Å²) in [5.41, 5.74) is 6.57. The van der Waals surface area contributed by atoms with Gasteiger partial charge < -0.3 is 9.47 Å². The predicted molar refractivity (Wildman–Crippen MR) is 127 cm³/mol. The molecule has 2 heterocycles. The van der Waals surface area contributed by atoms with E-state index in [1.807, 2.05) is 0 Å². The molecule has 0 radical (unpaired) electrons. The average Bonchev–Trinajstić information content (AvgIpc) is 3.34. The van der Waals surface area contributed by atoms with Crippen molar-refractivity contribution < 1.29 is 0 Å². The minimum atomic E-state index is 0.440. The van der Waals surface area contributed by atoms with Gasteiger partial charge in [-0.05, 0) is 76.1 Å². The van der Waals surface area contributed by atoms with Gasteiger partial charge in [-0.1, -0.05) is 36.4 Å². The molecule has 30 heavy (non-hydrogen) atoms. The third-order valence-corrected chi connectivity index (χ3v) is 7.62. The molecule has 3 heteroatoms. The SMILES string of the molecule is Cc1cc2c(cc1N1C3CCC(C3)N(C)C1C)c1ccccc1n2-c1ccccc1. The van der Waals surface area contributed by atoms with Gasteiger partial charge in [0.1, 0.15) is 0 Å². The average molecular weight is 396 g/mol. The molecule has 2 bridgehead atoms. The molecule has 4 aromatic rings. The first-order chi connectivity index (χ1) is 14.6. The summed E-state index contributed by atoms with van der Waals surface area (Å²) in [7, 11) is 2.30. The molecule has 0 amide bonds. The van der Waals surface area contributed by atoms with E-state index in [9.17, 15) is 0 Å². The summed E-state index contributed by atoms with van der Waals surface area (Å²) in [5, 5.41) is 2.69. The van der Waals surface area contributed by atoms with Gasteiger partial charge in [-0.15, -0.1) is 0 Å². The molecule has 3 aromatic carbocycles. The van der Waals surface area contributed by atoms with E-state index in [0.717, 1.165) is 6.04 Å². The Labute approximate surface area is 178 Å². The van der Waals surface area contributed by atoms with E-state index in [2.05, 4.69) is 102 Å². The monoisotopic (exact) mass is 395 g/mol. The van der Waals surface area contributed by atoms with Gasteiger partial charge in [0, 0.05) is 34.2 Å². The van der Waals surface area contributed by atoms with Crippen LogP contribution in [0, 0.1) is 6.92 Å². The van der Waals surface area contributed by atoms with Gasteiger partial charge >= 0.3 is 0 Å². The molecule has 0 N–H and O–H groups in total. The third-order valence-electron chi connectivity index (χ3n) is 7.62. The molecule has 3 unspecified atom stereocenters. The lowest BCUT2D eigenvalue weighted by Gasteiger charge is -2.47. The van der Waals surface area contributed by atoms with Crippen molar-refractivity contribution >= 4 is 27.5 Å². The Balaban J connectivity index is 1.61. The van der Waals surface area contributed by atoms with Crippen molar-refractivity contribution in [1.82, 2.24) is 9.47 Å². The van der Waals surface area contributed by atoms with Crippen molar-refractivity contribution in [2.75, 3.05) is 11.9 Å². The second-order valence-corrected chi connectivity index (χ2v) is 9.17. The fourth-order valence-corrected chi connectivity index (χ4v) is 6.00. The number of benzene rings is 3. The van der Waals surface area contributed by atoms with Gasteiger partial charge in [0.05, 0.1) is 17.2 Å². The van der Waals surface area contributed by atoms with Gasteiger partial charge in [-0.3, -0.25) is 4.90 Å². The first-order valence-electron chi connectivity index (χ1n) is 11.2. The van der Waals surface area contributed by atoms with Crippen molar-refractivity contribution in [1.29, 1.82) is 0 Å². The number of nitrogens with zero attached hydrogens (tertiary/aromatic N) is 3. The number of aromatic nitrogens is 1. The quantitative estimate of drug-likeness (QED) is 0.406. The summed E-state index contributed by atoms with van der Waals surface area (Å²) in [6.45, 7) is 4.66. The Morgan fingerprint density at radius 1 is 0.800 bits per heavy atom. The van der Waals surface area contributed by atoms with Crippen LogP contribution < -0.4 is 4.90 Å². The standard InChI is InChI=1S/C27H29N3/c1-18-15-27-24(17-26(18)29-19(2)28(3)21-13-14-22(29)16-21)23-11-7-8-12-25(23)30(27)20-9-5-4-6-10-20/h4-12,15,17,19,21-22H,13-14,16H2,1-3H3. The van der Waals surface area contributed by atoms with Gasteiger partial charge in [-0.25, -0.2) is 0 Å². The molecule has 1 saturated carbocycles. The van der Waals surface area contributed by atoms with Gasteiger partial charge in [0.2, 0.25) is 0 Å². The predicted octanol–water partition coefficient (Wildman–Crippen LogP) is 6.11. The molecule has 1 aliphatic carbocycles. The molecular weight excluding hydrogens is 366 g/mol. The summed E-state index contributed by atoms with van der Waals surface area (Å²) in [5.74, 6) is 0. The minimum Gasteiger partial charge on any atom is -0.353 e. The Bertz CT molecular complexity index is 1240. The van der Waals surface area contributed by atoms with E-state index >= 15 is 0 Å². The second kappa shape index (κ2) is 6.61. The number of aryl methyl sites for hydroxylation is 1. The normalized spacial score (nSPS) is 24.2. The summed E-state index contributed by atoms with van der Waals surface area (Å²) in [4.78, 5) is 5.29. The highest BCUT2D eigenvalue weighted by atomic mass is 15.4. The van der Waals surface area contributed by atoms with E-state index in [-0.39, 0.29) is 0 Å². The topological polar surface area (TPSA) is 11.4 Å². The lowest BCUT2D eigenvalue weighted by atomic mass is 10.0. The van der Waals surface area contributed by atoms with Crippen LogP contribution in [0.25, 0.3) is 27.5 Å². The summed E-state index contributed by atoms with van der Waals surface area (Å²) < 4.78 is 2.42. The van der Waals surface area contributed by atoms with Crippen LogP contribution in [-0.2, 0) is 0 Å². The summed E-state index contributed by atoms with van der Waals surface area (Å²) in [6.07, 6.45) is 4.37. The number of para-hydroxylation sites is 2. The maximum absolute atomic E-state index is 2.70. The Morgan fingerprint density at radius 2 is 1.53 bits per heavy atom. The number of anilines is 1. The highest BCUT2D eigenvalue weighted by molar-refractivity contribution is 6.10. The summed E-state index contributed by atoms with van der Waals surface area (Å²) in [6, 6.07) is 25.9. The Morgan fingerprint density at radius 3 is 2.37 bits per heavy atom. The number of rotatable bonds is 2. The van der Waals surface area contributed by atoms with Crippen LogP contribution in [-0.4, -0.2) is 34.8 Å². The first-order valence-corrected chi connectivity index (χ1v) is 11.2. The maximum atomic E-state index is 2.70. The molecule has 2 aliphatic rings. The lowest BCUT2D eigenvalue weighted by Crippen LogP contribution is -2.56. The highest BCUT2D eigenvalue weighted by Gasteiger charge is 2.42. The van der Waals surface area contributed by atoms with Crippen LogP contribution in [0.1, 0.15) is 31.7 Å². The van der Waals surface area contributed by atoms with Crippen LogP contribution >= 0.6 is 0 Å². The molecule has 6 rings (SSSR count). The largest absolute Gasteiger partial charge is 0.353 e. The molecule has 1 aromatic heterocycles. The number of fused-ring (bicyclic) bond motifs is 5. The lowest BCUT2D eigenvalue weighted by molar-refractivity contribution is 0.149. The molecule has 2 fully saturated rings. The van der Waals surface area contributed by atoms with Crippen molar-refractivity contribution in [2.24, 2.45) is 0 Å². The number of hydrogen-bond donors (Lipinski definition) is 0. The van der Waals surface area contributed by atoms with Crippen molar-refractivity contribution in [3.63, 3.8) is 0 Å². The van der Waals surface area contributed by atoms with E-state index in [1.54, 1.807) is 0 Å². The maximum Gasteiger partial charge on any atom is 0.0795 e. The first kappa shape index (κ1) is 18.0. The highest BCUT2D eigenvalue weighted by Crippen LogP contribution is 2.42. The van der Waals surface area contributed by atoms with Crippen LogP contribution in [0.3, 0.4) is 0 Å². The molecular formula is C27H29N3. The van der Waals surface area contributed by atoms with Crippen molar-refractivity contribution in [3.8, 4) is 5.69 Å².